The van der Waals surface area contributed by atoms with E-state index >= 15 is 0 Å². The largest absolute Gasteiger partial charge is 0.457 e. The summed E-state index contributed by atoms with van der Waals surface area (Å²) in [6.07, 6.45) is 1.94. The number of anilines is 2. The zero-order chi connectivity index (χ0) is 26.4. The number of amides is 1. The van der Waals surface area contributed by atoms with Gasteiger partial charge in [0.2, 0.25) is 0 Å². The predicted octanol–water partition coefficient (Wildman–Crippen LogP) is 4.86. The molecule has 0 saturated heterocycles. The van der Waals surface area contributed by atoms with Gasteiger partial charge in [0.25, 0.3) is 5.91 Å². The Bertz CT molecular complexity index is 1480. The van der Waals surface area contributed by atoms with E-state index in [-0.39, 0.29) is 0 Å². The third-order valence-electron chi connectivity index (χ3n) is 5.78. The number of pyridine rings is 1. The second kappa shape index (κ2) is 8.64. The number of methoxy groups -OCH3 is 1. The highest BCUT2D eigenvalue weighted by molar-refractivity contribution is 6.31. The van der Waals surface area contributed by atoms with Gasteiger partial charge in [-0.15, -0.1) is 0 Å². The Morgan fingerprint density at radius 1 is 1.21 bits per heavy atom. The fraction of sp³-hybridized carbons (Fsp3) is 0.200. The van der Waals surface area contributed by atoms with Crippen molar-refractivity contribution in [2.24, 2.45) is 0 Å². The van der Waals surface area contributed by atoms with Crippen LogP contribution in [-0.4, -0.2) is 40.2 Å². The molecule has 1 amide bonds. The molecule has 1 aliphatic heterocycles. The van der Waals surface area contributed by atoms with Gasteiger partial charge in [0.15, 0.2) is 0 Å². The number of carbonyl (C=O) groups is 1. The molecule has 5 rings (SSSR count). The summed E-state index contributed by atoms with van der Waals surface area (Å²) in [4.78, 5) is 20.1. The van der Waals surface area contributed by atoms with E-state index in [1.165, 1.54) is 13.1 Å². The van der Waals surface area contributed by atoms with Crippen molar-refractivity contribution in [3.05, 3.63) is 77.1 Å². The zero-order valence-corrected chi connectivity index (χ0v) is 18.8. The number of rotatable bonds is 6. The van der Waals surface area contributed by atoms with Crippen molar-refractivity contribution < 1.29 is 23.5 Å². The number of ether oxygens (including phenoxy) is 2. The molecule has 0 radical (unpaired) electrons. The number of nitrogens with one attached hydrogen (secondary N) is 3. The minimum absolute atomic E-state index is 0.296. The topological polar surface area (TPSA) is 108 Å². The first kappa shape index (κ1) is 18.8. The SMILES string of the molecule is [2H]C([2H])([2H])OCC1(C)Nc2c(cnc3[nH]cc(C(O)c4ccc(Oc5ccccc5)cc4Cl)c23)NC1=O. The number of halogens is 1. The number of H-pyrrole nitrogens is 1. The number of aliphatic hydroxyl groups excluding tert-OH is 1. The molecule has 0 spiro atoms. The van der Waals surface area contributed by atoms with Gasteiger partial charge in [-0.1, -0.05) is 35.9 Å². The summed E-state index contributed by atoms with van der Waals surface area (Å²) in [5, 5.41) is 18.0. The van der Waals surface area contributed by atoms with E-state index in [2.05, 4.69) is 20.6 Å². The summed E-state index contributed by atoms with van der Waals surface area (Å²) in [5.74, 6) is 0.694. The molecule has 34 heavy (non-hydrogen) atoms. The highest BCUT2D eigenvalue weighted by Crippen LogP contribution is 2.42. The van der Waals surface area contributed by atoms with Gasteiger partial charge in [0.1, 0.15) is 28.8 Å². The van der Waals surface area contributed by atoms with Crippen molar-refractivity contribution in [1.29, 1.82) is 0 Å². The molecule has 4 aromatic rings. The van der Waals surface area contributed by atoms with Crippen LogP contribution in [-0.2, 0) is 9.53 Å². The first-order valence-electron chi connectivity index (χ1n) is 12.0. The molecule has 2 atom stereocenters. The van der Waals surface area contributed by atoms with E-state index in [1.807, 2.05) is 30.3 Å². The molecule has 2 aromatic heterocycles. The smallest absolute Gasteiger partial charge is 0.252 e. The van der Waals surface area contributed by atoms with Gasteiger partial charge in [-0.25, -0.2) is 4.98 Å². The van der Waals surface area contributed by atoms with Crippen LogP contribution in [0, 0.1) is 0 Å². The Hall–Kier alpha value is -3.59. The van der Waals surface area contributed by atoms with Crippen molar-refractivity contribution in [2.45, 2.75) is 18.6 Å². The summed E-state index contributed by atoms with van der Waals surface area (Å²) in [7, 11) is -2.67. The molecule has 0 saturated carbocycles. The monoisotopic (exact) mass is 481 g/mol. The number of fused-ring (bicyclic) bond motifs is 3. The van der Waals surface area contributed by atoms with Gasteiger partial charge in [0.05, 0.1) is 38.7 Å². The first-order chi connectivity index (χ1) is 17.5. The van der Waals surface area contributed by atoms with E-state index < -0.39 is 31.2 Å². The highest BCUT2D eigenvalue weighted by atomic mass is 35.5. The molecule has 174 valence electrons. The summed E-state index contributed by atoms with van der Waals surface area (Å²) in [6.45, 7) is 1.13. The number of aromatic nitrogens is 2. The second-order valence-corrected chi connectivity index (χ2v) is 8.62. The van der Waals surface area contributed by atoms with Gasteiger partial charge in [-0.2, -0.15) is 0 Å². The Morgan fingerprint density at radius 2 is 2.03 bits per heavy atom. The molecular weight excluding hydrogens is 456 g/mol. The fourth-order valence-electron chi connectivity index (χ4n) is 3.98. The Morgan fingerprint density at radius 3 is 2.79 bits per heavy atom. The number of hydrogen-bond acceptors (Lipinski definition) is 6. The molecule has 2 aromatic carbocycles. The maximum absolute atomic E-state index is 12.8. The molecule has 0 bridgehead atoms. The van der Waals surface area contributed by atoms with Crippen molar-refractivity contribution in [2.75, 3.05) is 24.3 Å². The Balaban J connectivity index is 1.49. The van der Waals surface area contributed by atoms with E-state index in [0.29, 0.717) is 50.1 Å². The van der Waals surface area contributed by atoms with Crippen LogP contribution < -0.4 is 15.4 Å². The Kier molecular flexibility index (Phi) is 4.78. The van der Waals surface area contributed by atoms with Crippen LogP contribution in [0.1, 0.15) is 28.3 Å². The summed E-state index contributed by atoms with van der Waals surface area (Å²) in [6, 6.07) is 14.3. The van der Waals surface area contributed by atoms with Crippen LogP contribution in [0.2, 0.25) is 5.02 Å². The molecule has 9 heteroatoms. The molecule has 8 nitrogen and oxygen atoms in total. The number of benzene rings is 2. The lowest BCUT2D eigenvalue weighted by Gasteiger charge is -2.35. The minimum Gasteiger partial charge on any atom is -0.457 e. The molecule has 3 heterocycles. The standard InChI is InChI=1S/C25H23ClN4O4/c1-25(13-33-2)24(32)29-19-12-28-23-20(21(19)30-25)17(11-27-23)22(31)16-9-8-15(10-18(16)26)34-14-6-4-3-5-7-14/h3-12,22,30-31H,13H2,1-2H3,(H,27,28)(H,29,32)/i2D3. The van der Waals surface area contributed by atoms with Crippen molar-refractivity contribution in [1.82, 2.24) is 9.97 Å². The number of para-hydroxylation sites is 1. The average Bonchev–Trinajstić information content (AvgIpc) is 3.28. The lowest BCUT2D eigenvalue weighted by atomic mass is 9.95. The van der Waals surface area contributed by atoms with Gasteiger partial charge in [0, 0.05) is 24.4 Å². The molecule has 4 N–H and O–H groups in total. The normalized spacial score (nSPS) is 19.9. The predicted molar refractivity (Wildman–Crippen MR) is 131 cm³/mol. The van der Waals surface area contributed by atoms with Crippen molar-refractivity contribution in [3.8, 4) is 11.5 Å². The van der Waals surface area contributed by atoms with Crippen LogP contribution in [0.3, 0.4) is 0 Å². The summed E-state index contributed by atoms with van der Waals surface area (Å²) < 4.78 is 32.7. The summed E-state index contributed by atoms with van der Waals surface area (Å²) >= 11 is 6.54. The minimum atomic E-state index is -2.67. The second-order valence-electron chi connectivity index (χ2n) is 8.22. The molecule has 2 unspecified atom stereocenters. The van der Waals surface area contributed by atoms with Crippen LogP contribution in [0.4, 0.5) is 11.4 Å². The first-order valence-corrected chi connectivity index (χ1v) is 10.9. The van der Waals surface area contributed by atoms with Crippen LogP contribution in [0.5, 0.6) is 11.5 Å². The van der Waals surface area contributed by atoms with Gasteiger partial charge < -0.3 is 30.2 Å². The number of carbonyl (C=O) groups excluding carboxylic acids is 1. The van der Waals surface area contributed by atoms with Gasteiger partial charge in [-0.05, 0) is 31.2 Å². The Labute approximate surface area is 205 Å². The number of nitrogens with zero attached hydrogens (tertiary/aromatic N) is 1. The van der Waals surface area contributed by atoms with E-state index in [0.717, 1.165) is 0 Å². The number of aromatic amines is 1. The fourth-order valence-corrected chi connectivity index (χ4v) is 4.26. The highest BCUT2D eigenvalue weighted by Gasteiger charge is 2.39. The van der Waals surface area contributed by atoms with Crippen LogP contribution >= 0.6 is 11.6 Å². The zero-order valence-electron chi connectivity index (χ0n) is 21.1. The van der Waals surface area contributed by atoms with Crippen LogP contribution in [0.15, 0.2) is 60.9 Å². The molecular formula is C25H23ClN4O4. The number of hydrogen-bond donors (Lipinski definition) is 4. The number of aliphatic hydroxyl groups is 1. The quantitative estimate of drug-likeness (QED) is 0.313. The van der Waals surface area contributed by atoms with Crippen molar-refractivity contribution in [3.63, 3.8) is 0 Å². The lowest BCUT2D eigenvalue weighted by Crippen LogP contribution is -2.53. The third kappa shape index (κ3) is 3.86. The third-order valence-corrected chi connectivity index (χ3v) is 6.11. The molecule has 0 fully saturated rings. The lowest BCUT2D eigenvalue weighted by molar-refractivity contribution is -0.121. The summed E-state index contributed by atoms with van der Waals surface area (Å²) in [5.41, 5.74) is 0.820. The van der Waals surface area contributed by atoms with Crippen LogP contribution in [0.25, 0.3) is 11.0 Å². The van der Waals surface area contributed by atoms with E-state index in [4.69, 9.17) is 25.2 Å². The molecule has 0 aliphatic carbocycles. The maximum Gasteiger partial charge on any atom is 0.252 e. The average molecular weight is 482 g/mol. The van der Waals surface area contributed by atoms with Gasteiger partial charge in [-0.3, -0.25) is 4.79 Å². The van der Waals surface area contributed by atoms with Crippen molar-refractivity contribution >= 4 is 39.9 Å². The van der Waals surface area contributed by atoms with Gasteiger partial charge >= 0.3 is 0 Å². The maximum atomic E-state index is 12.8. The molecule has 1 aliphatic rings. The van der Waals surface area contributed by atoms with E-state index in [1.54, 1.807) is 24.4 Å². The van der Waals surface area contributed by atoms with E-state index in [9.17, 15) is 9.90 Å².